The molecular formula is C62H45N5. The predicted molar refractivity (Wildman–Crippen MR) is 279 cm³/mol. The Hall–Kier alpha value is -8.80. The van der Waals surface area contributed by atoms with Gasteiger partial charge in [-0.3, -0.25) is 9.55 Å². The van der Waals surface area contributed by atoms with Crippen molar-refractivity contribution in [1.29, 1.82) is 0 Å². The van der Waals surface area contributed by atoms with E-state index in [-0.39, 0.29) is 0 Å². The van der Waals surface area contributed by atoms with E-state index in [2.05, 4.69) is 240 Å². The van der Waals surface area contributed by atoms with Crippen LogP contribution in [0.4, 0.5) is 17.1 Å². The minimum atomic E-state index is 0.851. The molecule has 0 atom stereocenters. The largest absolute Gasteiger partial charge is 0.310 e. The number of anilines is 3. The first-order chi connectivity index (χ1) is 33.1. The van der Waals surface area contributed by atoms with Crippen molar-refractivity contribution < 1.29 is 0 Å². The lowest BCUT2D eigenvalue weighted by molar-refractivity contribution is 1.05. The molecule has 5 nitrogen and oxygen atoms in total. The number of nitrogens with zero attached hydrogens (tertiary/aromatic N) is 5. The topological polar surface area (TPSA) is 38.9 Å². The van der Waals surface area contributed by atoms with Gasteiger partial charge in [0, 0.05) is 56.7 Å². The number of aryl methyl sites for hydroxylation is 2. The number of hydrogen-bond donors (Lipinski definition) is 0. The third-order valence-electron chi connectivity index (χ3n) is 13.0. The summed E-state index contributed by atoms with van der Waals surface area (Å²) in [5, 5.41) is 3.63. The maximum absolute atomic E-state index is 5.02. The maximum atomic E-state index is 5.02. The normalized spacial score (nSPS) is 11.4. The van der Waals surface area contributed by atoms with Crippen LogP contribution in [0.1, 0.15) is 11.1 Å². The van der Waals surface area contributed by atoms with E-state index in [1.54, 1.807) is 0 Å². The molecule has 0 bridgehead atoms. The van der Waals surface area contributed by atoms with Crippen molar-refractivity contribution in [2.45, 2.75) is 13.8 Å². The van der Waals surface area contributed by atoms with Crippen molar-refractivity contribution >= 4 is 49.8 Å². The van der Waals surface area contributed by atoms with Gasteiger partial charge < -0.3 is 9.47 Å². The van der Waals surface area contributed by atoms with E-state index in [9.17, 15) is 0 Å². The van der Waals surface area contributed by atoms with Gasteiger partial charge in [0.15, 0.2) is 0 Å². The highest BCUT2D eigenvalue weighted by Gasteiger charge is 2.26. The Balaban J connectivity index is 1.16. The summed E-state index contributed by atoms with van der Waals surface area (Å²) in [5.74, 6) is 0.851. The highest BCUT2D eigenvalue weighted by molar-refractivity contribution is 6.10. The van der Waals surface area contributed by atoms with E-state index < -0.39 is 0 Å². The van der Waals surface area contributed by atoms with Crippen molar-refractivity contribution in [2.75, 3.05) is 4.90 Å². The molecule has 0 aliphatic rings. The van der Waals surface area contributed by atoms with Gasteiger partial charge in [-0.1, -0.05) is 146 Å². The van der Waals surface area contributed by atoms with Gasteiger partial charge in [0.25, 0.3) is 0 Å². The Labute approximate surface area is 390 Å². The van der Waals surface area contributed by atoms with Gasteiger partial charge >= 0.3 is 0 Å². The van der Waals surface area contributed by atoms with Crippen LogP contribution in [-0.2, 0) is 0 Å². The number of para-hydroxylation sites is 2. The third kappa shape index (κ3) is 6.96. The molecule has 67 heavy (non-hydrogen) atoms. The van der Waals surface area contributed by atoms with Crippen LogP contribution in [0.5, 0.6) is 0 Å². The second-order valence-corrected chi connectivity index (χ2v) is 17.2. The van der Waals surface area contributed by atoms with Gasteiger partial charge in [-0.15, -0.1) is 0 Å². The number of pyridine rings is 2. The second kappa shape index (κ2) is 16.6. The van der Waals surface area contributed by atoms with Gasteiger partial charge in [-0.25, -0.2) is 4.98 Å². The summed E-state index contributed by atoms with van der Waals surface area (Å²) >= 11 is 0. The molecule has 12 aromatic rings. The first-order valence-corrected chi connectivity index (χ1v) is 22.8. The molecule has 0 saturated carbocycles. The van der Waals surface area contributed by atoms with Crippen molar-refractivity contribution in [3.05, 3.63) is 248 Å². The Morgan fingerprint density at radius 3 is 1.57 bits per heavy atom. The average Bonchev–Trinajstić information content (AvgIpc) is 3.92. The average molecular weight is 860 g/mol. The number of rotatable bonds is 9. The number of benzene rings is 8. The summed E-state index contributed by atoms with van der Waals surface area (Å²) < 4.78 is 4.76. The molecule has 0 fully saturated rings. The summed E-state index contributed by atoms with van der Waals surface area (Å²) in [6.07, 6.45) is 3.76. The van der Waals surface area contributed by atoms with Crippen LogP contribution < -0.4 is 4.90 Å². The molecule has 8 aromatic carbocycles. The van der Waals surface area contributed by atoms with Gasteiger partial charge in [-0.2, -0.15) is 0 Å². The summed E-state index contributed by atoms with van der Waals surface area (Å²) in [7, 11) is 0. The highest BCUT2D eigenvalue weighted by atomic mass is 15.2. The first kappa shape index (κ1) is 39.8. The summed E-state index contributed by atoms with van der Waals surface area (Å²) in [4.78, 5) is 12.4. The fraction of sp³-hybridized carbons (Fsp3) is 0.0323. The molecule has 318 valence electrons. The molecule has 0 N–H and O–H groups in total. The van der Waals surface area contributed by atoms with E-state index in [1.165, 1.54) is 21.8 Å². The molecule has 4 heterocycles. The smallest absolute Gasteiger partial charge is 0.137 e. The molecule has 0 radical (unpaired) electrons. The molecule has 0 amide bonds. The Morgan fingerprint density at radius 1 is 0.373 bits per heavy atom. The van der Waals surface area contributed by atoms with E-state index >= 15 is 0 Å². The molecule has 4 aromatic heterocycles. The van der Waals surface area contributed by atoms with E-state index in [1.807, 2.05) is 24.5 Å². The van der Waals surface area contributed by atoms with Gasteiger partial charge in [0.1, 0.15) is 5.82 Å². The summed E-state index contributed by atoms with van der Waals surface area (Å²) in [6, 6.07) is 80.4. The van der Waals surface area contributed by atoms with Crippen molar-refractivity contribution in [1.82, 2.24) is 19.1 Å². The standard InChI is InChI=1S/C62H45N5/c1-42-36-50(66-56-29-14-12-26-52(56)53-27-13-15-30-57(53)66)37-43(2)61(42)65(51-39-47(44-20-6-3-7-21-44)38-48(40-51)55-28-16-18-34-63-55)49-32-33-54-58(41-49)67(59-31-17-19-35-64-59)62(46-24-10-5-11-25-46)60(54)45-22-8-4-9-23-45/h3-41H,1-2H3. The zero-order valence-electron chi connectivity index (χ0n) is 37.3. The summed E-state index contributed by atoms with van der Waals surface area (Å²) in [5.41, 5.74) is 18.7. The molecule has 0 spiro atoms. The van der Waals surface area contributed by atoms with Crippen molar-refractivity contribution in [3.63, 3.8) is 0 Å². The van der Waals surface area contributed by atoms with Crippen molar-refractivity contribution in [3.8, 4) is 56.3 Å². The van der Waals surface area contributed by atoms with Crippen LogP contribution in [-0.4, -0.2) is 19.1 Å². The SMILES string of the molecule is Cc1cc(-n2c3ccccc3c3ccccc32)cc(C)c1N(c1cc(-c2ccccc2)cc(-c2ccccn2)c1)c1ccc2c(-c3ccccc3)c(-c3ccccc3)n(-c3ccccn3)c2c1. The van der Waals surface area contributed by atoms with Gasteiger partial charge in [0.05, 0.1) is 33.6 Å². The maximum Gasteiger partial charge on any atom is 0.137 e. The molecule has 0 saturated heterocycles. The minimum absolute atomic E-state index is 0.851. The third-order valence-corrected chi connectivity index (χ3v) is 13.0. The van der Waals surface area contributed by atoms with Crippen LogP contribution in [0, 0.1) is 13.8 Å². The predicted octanol–water partition coefficient (Wildman–Crippen LogP) is 16.3. The molecule has 0 aliphatic heterocycles. The van der Waals surface area contributed by atoms with Crippen LogP contribution in [0.3, 0.4) is 0 Å². The van der Waals surface area contributed by atoms with Crippen LogP contribution in [0.2, 0.25) is 0 Å². The molecule has 5 heteroatoms. The van der Waals surface area contributed by atoms with Gasteiger partial charge in [-0.05, 0) is 126 Å². The quantitative estimate of drug-likeness (QED) is 0.145. The lowest BCUT2D eigenvalue weighted by Crippen LogP contribution is -2.14. The Kier molecular flexibility index (Phi) is 9.88. The Morgan fingerprint density at radius 2 is 0.940 bits per heavy atom. The molecule has 12 rings (SSSR count). The second-order valence-electron chi connectivity index (χ2n) is 17.2. The zero-order valence-corrected chi connectivity index (χ0v) is 37.3. The number of fused-ring (bicyclic) bond motifs is 4. The first-order valence-electron chi connectivity index (χ1n) is 22.8. The zero-order chi connectivity index (χ0) is 44.8. The highest BCUT2D eigenvalue weighted by Crippen LogP contribution is 2.48. The van der Waals surface area contributed by atoms with E-state index in [4.69, 9.17) is 9.97 Å². The monoisotopic (exact) mass is 859 g/mol. The van der Waals surface area contributed by atoms with Crippen LogP contribution in [0.15, 0.2) is 237 Å². The van der Waals surface area contributed by atoms with E-state index in [0.717, 1.165) is 95.4 Å². The van der Waals surface area contributed by atoms with Gasteiger partial charge in [0.2, 0.25) is 0 Å². The fourth-order valence-electron chi connectivity index (χ4n) is 10.1. The lowest BCUT2D eigenvalue weighted by atomic mass is 9.97. The molecule has 0 aliphatic carbocycles. The number of aromatic nitrogens is 4. The number of hydrogen-bond acceptors (Lipinski definition) is 3. The minimum Gasteiger partial charge on any atom is -0.310 e. The van der Waals surface area contributed by atoms with Crippen LogP contribution >= 0.6 is 0 Å². The Bertz CT molecular complexity index is 3610. The van der Waals surface area contributed by atoms with E-state index in [0.29, 0.717) is 0 Å². The fourth-order valence-corrected chi connectivity index (χ4v) is 10.1. The molecule has 0 unspecified atom stereocenters. The van der Waals surface area contributed by atoms with Crippen molar-refractivity contribution in [2.24, 2.45) is 0 Å². The summed E-state index contributed by atoms with van der Waals surface area (Å²) in [6.45, 7) is 4.51. The van der Waals surface area contributed by atoms with Crippen LogP contribution in [0.25, 0.3) is 89.0 Å². The molecular weight excluding hydrogens is 815 g/mol. The lowest BCUT2D eigenvalue weighted by Gasteiger charge is -2.30.